The second kappa shape index (κ2) is 5.36. The van der Waals surface area contributed by atoms with Gasteiger partial charge in [0.15, 0.2) is 0 Å². The highest BCUT2D eigenvalue weighted by atomic mass is 79.9. The van der Waals surface area contributed by atoms with Crippen LogP contribution < -0.4 is 4.74 Å². The molecule has 0 radical (unpaired) electrons. The molecule has 1 rings (SSSR count). The second-order valence-corrected chi connectivity index (χ2v) is 5.61. The predicted molar refractivity (Wildman–Crippen MR) is 69.7 cm³/mol. The molecule has 0 heterocycles. The summed E-state index contributed by atoms with van der Waals surface area (Å²) in [6.45, 7) is 5.94. The molecule has 1 unspecified atom stereocenters. The van der Waals surface area contributed by atoms with Crippen molar-refractivity contribution in [3.05, 3.63) is 28.0 Å². The van der Waals surface area contributed by atoms with E-state index in [1.165, 1.54) is 13.2 Å². The molecule has 0 saturated heterocycles. The molecule has 0 saturated carbocycles. The first-order valence-corrected chi connectivity index (χ1v) is 6.33. The number of aliphatic hydroxyl groups is 1. The van der Waals surface area contributed by atoms with E-state index < -0.39 is 11.9 Å². The number of rotatable bonds is 4. The third kappa shape index (κ3) is 2.99. The van der Waals surface area contributed by atoms with Crippen molar-refractivity contribution in [2.45, 2.75) is 33.3 Å². The van der Waals surface area contributed by atoms with E-state index in [1.54, 1.807) is 6.07 Å². The van der Waals surface area contributed by atoms with E-state index in [1.807, 2.05) is 20.8 Å². The fourth-order valence-electron chi connectivity index (χ4n) is 1.55. The average Bonchev–Trinajstić information content (AvgIpc) is 2.31. The average molecular weight is 305 g/mol. The molecule has 0 aliphatic heterocycles. The third-order valence-electron chi connectivity index (χ3n) is 3.22. The van der Waals surface area contributed by atoms with E-state index in [-0.39, 0.29) is 5.41 Å². The van der Waals surface area contributed by atoms with E-state index in [9.17, 15) is 9.50 Å². The highest BCUT2D eigenvalue weighted by molar-refractivity contribution is 9.10. The minimum Gasteiger partial charge on any atom is -0.496 e. The Balaban J connectivity index is 3.25. The van der Waals surface area contributed by atoms with Gasteiger partial charge >= 0.3 is 0 Å². The van der Waals surface area contributed by atoms with Crippen LogP contribution >= 0.6 is 15.9 Å². The van der Waals surface area contributed by atoms with Crippen LogP contribution in [0.1, 0.15) is 38.9 Å². The molecule has 1 aromatic carbocycles. The summed E-state index contributed by atoms with van der Waals surface area (Å²) in [6, 6.07) is 2.87. The number of hydrogen-bond acceptors (Lipinski definition) is 2. The summed E-state index contributed by atoms with van der Waals surface area (Å²) in [4.78, 5) is 0. The van der Waals surface area contributed by atoms with Crippen LogP contribution in [-0.2, 0) is 0 Å². The molecule has 4 heteroatoms. The van der Waals surface area contributed by atoms with Gasteiger partial charge in [-0.15, -0.1) is 0 Å². The minimum atomic E-state index is -0.695. The number of ether oxygens (including phenoxy) is 1. The van der Waals surface area contributed by atoms with E-state index >= 15 is 0 Å². The normalized spacial score (nSPS) is 13.6. The Kier molecular flexibility index (Phi) is 4.55. The lowest BCUT2D eigenvalue weighted by Crippen LogP contribution is -2.21. The van der Waals surface area contributed by atoms with Gasteiger partial charge in [0.2, 0.25) is 0 Å². The zero-order chi connectivity index (χ0) is 13.2. The summed E-state index contributed by atoms with van der Waals surface area (Å²) in [6.07, 6.45) is 0.117. The lowest BCUT2D eigenvalue weighted by molar-refractivity contribution is 0.0444. The molecular formula is C13H18BrFO2. The quantitative estimate of drug-likeness (QED) is 0.908. The van der Waals surface area contributed by atoms with Gasteiger partial charge in [-0.25, -0.2) is 4.39 Å². The molecule has 0 amide bonds. The molecule has 96 valence electrons. The van der Waals surface area contributed by atoms with E-state index in [4.69, 9.17) is 4.74 Å². The maximum atomic E-state index is 13.4. The van der Waals surface area contributed by atoms with Crippen LogP contribution in [0, 0.1) is 11.2 Å². The van der Waals surface area contributed by atoms with Crippen LogP contribution in [0.25, 0.3) is 0 Å². The van der Waals surface area contributed by atoms with Gasteiger partial charge < -0.3 is 9.84 Å². The Morgan fingerprint density at radius 3 is 2.53 bits per heavy atom. The summed E-state index contributed by atoms with van der Waals surface area (Å²) >= 11 is 3.12. The SMILES string of the molecule is CCC(C)(C)C(O)c1cc(Br)c(F)cc1OC. The Bertz CT molecular complexity index is 405. The van der Waals surface area contributed by atoms with Gasteiger partial charge in [0, 0.05) is 11.6 Å². The number of halogens is 2. The number of hydrogen-bond donors (Lipinski definition) is 1. The summed E-state index contributed by atoms with van der Waals surface area (Å²) < 4.78 is 18.8. The molecule has 0 aliphatic rings. The summed E-state index contributed by atoms with van der Waals surface area (Å²) in [5.41, 5.74) is 0.317. The molecule has 0 bridgehead atoms. The van der Waals surface area contributed by atoms with E-state index in [0.29, 0.717) is 15.8 Å². The van der Waals surface area contributed by atoms with Gasteiger partial charge in [0.1, 0.15) is 11.6 Å². The van der Waals surface area contributed by atoms with Crippen molar-refractivity contribution in [1.82, 2.24) is 0 Å². The lowest BCUT2D eigenvalue weighted by atomic mass is 9.80. The van der Waals surface area contributed by atoms with E-state index in [2.05, 4.69) is 15.9 Å². The van der Waals surface area contributed by atoms with Gasteiger partial charge in [-0.3, -0.25) is 0 Å². The van der Waals surface area contributed by atoms with Crippen molar-refractivity contribution < 1.29 is 14.2 Å². The first-order chi connectivity index (χ1) is 7.83. The van der Waals surface area contributed by atoms with Gasteiger partial charge in [0.25, 0.3) is 0 Å². The smallest absolute Gasteiger partial charge is 0.141 e. The zero-order valence-corrected chi connectivity index (χ0v) is 12.1. The number of methoxy groups -OCH3 is 1. The van der Waals surface area contributed by atoms with Gasteiger partial charge in [-0.1, -0.05) is 20.8 Å². The monoisotopic (exact) mass is 304 g/mol. The highest BCUT2D eigenvalue weighted by Crippen LogP contribution is 2.41. The van der Waals surface area contributed by atoms with Crippen LogP contribution in [0.3, 0.4) is 0 Å². The molecular weight excluding hydrogens is 287 g/mol. The maximum Gasteiger partial charge on any atom is 0.141 e. The highest BCUT2D eigenvalue weighted by Gasteiger charge is 2.30. The molecule has 1 aromatic rings. The van der Waals surface area contributed by atoms with Gasteiger partial charge in [-0.2, -0.15) is 0 Å². The second-order valence-electron chi connectivity index (χ2n) is 4.75. The number of benzene rings is 1. The summed E-state index contributed by atoms with van der Waals surface area (Å²) in [7, 11) is 1.47. The molecule has 1 atom stereocenters. The Hall–Kier alpha value is -0.610. The van der Waals surface area contributed by atoms with Crippen molar-refractivity contribution in [2.75, 3.05) is 7.11 Å². The first-order valence-electron chi connectivity index (χ1n) is 5.54. The van der Waals surface area contributed by atoms with Gasteiger partial charge in [-0.05, 0) is 33.8 Å². The van der Waals surface area contributed by atoms with Gasteiger partial charge in [0.05, 0.1) is 17.7 Å². The van der Waals surface area contributed by atoms with Crippen LogP contribution in [0.2, 0.25) is 0 Å². The standard InChI is InChI=1S/C13H18BrFO2/c1-5-13(2,3)12(16)8-6-9(14)10(15)7-11(8)17-4/h6-7,12,16H,5H2,1-4H3. The fraction of sp³-hybridized carbons (Fsp3) is 0.538. The van der Waals surface area contributed by atoms with Crippen molar-refractivity contribution in [3.63, 3.8) is 0 Å². The minimum absolute atomic E-state index is 0.287. The largest absolute Gasteiger partial charge is 0.496 e. The molecule has 1 N–H and O–H groups in total. The molecule has 17 heavy (non-hydrogen) atoms. The summed E-state index contributed by atoms with van der Waals surface area (Å²) in [5.74, 6) is -0.0215. The van der Waals surface area contributed by atoms with Crippen LogP contribution in [0.4, 0.5) is 4.39 Å². The maximum absolute atomic E-state index is 13.4. The van der Waals surface area contributed by atoms with E-state index in [0.717, 1.165) is 6.42 Å². The molecule has 2 nitrogen and oxygen atoms in total. The van der Waals surface area contributed by atoms with Crippen molar-refractivity contribution >= 4 is 15.9 Å². The number of aliphatic hydroxyl groups excluding tert-OH is 1. The van der Waals surface area contributed by atoms with Crippen molar-refractivity contribution in [2.24, 2.45) is 5.41 Å². The Labute approximate surface area is 110 Å². The van der Waals surface area contributed by atoms with Crippen LogP contribution in [0.5, 0.6) is 5.75 Å². The third-order valence-corrected chi connectivity index (χ3v) is 3.83. The summed E-state index contributed by atoms with van der Waals surface area (Å²) in [5, 5.41) is 10.4. The molecule has 0 fully saturated rings. The lowest BCUT2D eigenvalue weighted by Gasteiger charge is -2.30. The molecule has 0 aliphatic carbocycles. The molecule has 0 aromatic heterocycles. The predicted octanol–water partition coefficient (Wildman–Crippen LogP) is 4.07. The fourth-order valence-corrected chi connectivity index (χ4v) is 1.91. The topological polar surface area (TPSA) is 29.5 Å². The Morgan fingerprint density at radius 2 is 2.06 bits per heavy atom. The van der Waals surface area contributed by atoms with Crippen LogP contribution in [-0.4, -0.2) is 12.2 Å². The Morgan fingerprint density at radius 1 is 1.47 bits per heavy atom. The first kappa shape index (κ1) is 14.5. The van der Waals surface area contributed by atoms with Crippen molar-refractivity contribution in [3.8, 4) is 5.75 Å². The van der Waals surface area contributed by atoms with Crippen molar-refractivity contribution in [1.29, 1.82) is 0 Å². The van der Waals surface area contributed by atoms with Crippen LogP contribution in [0.15, 0.2) is 16.6 Å². The zero-order valence-electron chi connectivity index (χ0n) is 10.6. The molecule has 0 spiro atoms.